The van der Waals surface area contributed by atoms with Gasteiger partial charge in [-0.1, -0.05) is 12.1 Å². The van der Waals surface area contributed by atoms with E-state index in [2.05, 4.69) is 17.0 Å². The SMILES string of the molecule is CN(CCCc1ccc(N)cc1)c1ccc(F)cc1. The van der Waals surface area contributed by atoms with Crippen LogP contribution in [0.1, 0.15) is 12.0 Å². The second kappa shape index (κ2) is 6.23. The lowest BCUT2D eigenvalue weighted by atomic mass is 10.1. The minimum Gasteiger partial charge on any atom is -0.399 e. The van der Waals surface area contributed by atoms with E-state index < -0.39 is 0 Å². The molecule has 100 valence electrons. The molecule has 0 saturated carbocycles. The van der Waals surface area contributed by atoms with Crippen LogP contribution in [0.4, 0.5) is 15.8 Å². The minimum absolute atomic E-state index is 0.195. The van der Waals surface area contributed by atoms with Crippen molar-refractivity contribution in [2.75, 3.05) is 24.2 Å². The number of rotatable bonds is 5. The lowest BCUT2D eigenvalue weighted by Gasteiger charge is -2.19. The van der Waals surface area contributed by atoms with Crippen LogP contribution in [0, 0.1) is 5.82 Å². The molecule has 2 aromatic carbocycles. The van der Waals surface area contributed by atoms with E-state index in [4.69, 9.17) is 5.73 Å². The van der Waals surface area contributed by atoms with Crippen LogP contribution in [0.15, 0.2) is 48.5 Å². The fourth-order valence-corrected chi connectivity index (χ4v) is 2.03. The first-order chi connectivity index (χ1) is 9.15. The van der Waals surface area contributed by atoms with E-state index in [-0.39, 0.29) is 5.82 Å². The molecule has 0 fully saturated rings. The van der Waals surface area contributed by atoms with Gasteiger partial charge in [-0.3, -0.25) is 0 Å². The van der Waals surface area contributed by atoms with Gasteiger partial charge >= 0.3 is 0 Å². The van der Waals surface area contributed by atoms with Crippen LogP contribution in [0.25, 0.3) is 0 Å². The summed E-state index contributed by atoms with van der Waals surface area (Å²) in [6, 6.07) is 14.6. The van der Waals surface area contributed by atoms with Gasteiger partial charge in [-0.05, 0) is 54.8 Å². The number of aryl methyl sites for hydroxylation is 1. The summed E-state index contributed by atoms with van der Waals surface area (Å²) < 4.78 is 12.8. The number of hydrogen-bond acceptors (Lipinski definition) is 2. The first-order valence-corrected chi connectivity index (χ1v) is 6.46. The largest absolute Gasteiger partial charge is 0.399 e. The fourth-order valence-electron chi connectivity index (χ4n) is 2.03. The number of hydrogen-bond donors (Lipinski definition) is 1. The molecule has 2 nitrogen and oxygen atoms in total. The first kappa shape index (κ1) is 13.4. The van der Waals surface area contributed by atoms with Crippen LogP contribution in [0.3, 0.4) is 0 Å². The molecule has 0 aliphatic heterocycles. The molecule has 3 heteroatoms. The van der Waals surface area contributed by atoms with Crippen LogP contribution in [-0.4, -0.2) is 13.6 Å². The highest BCUT2D eigenvalue weighted by atomic mass is 19.1. The summed E-state index contributed by atoms with van der Waals surface area (Å²) in [5, 5.41) is 0. The van der Waals surface area contributed by atoms with E-state index in [1.54, 1.807) is 12.1 Å². The Balaban J connectivity index is 1.82. The van der Waals surface area contributed by atoms with E-state index in [1.165, 1.54) is 17.7 Å². The Morgan fingerprint density at radius 3 is 2.26 bits per heavy atom. The third kappa shape index (κ3) is 3.98. The predicted molar refractivity (Wildman–Crippen MR) is 78.8 cm³/mol. The Labute approximate surface area is 113 Å². The van der Waals surface area contributed by atoms with Crippen LogP contribution in [-0.2, 0) is 6.42 Å². The second-order valence-corrected chi connectivity index (χ2v) is 4.74. The second-order valence-electron chi connectivity index (χ2n) is 4.74. The third-order valence-electron chi connectivity index (χ3n) is 3.21. The Kier molecular flexibility index (Phi) is 4.39. The average Bonchev–Trinajstić information content (AvgIpc) is 2.41. The smallest absolute Gasteiger partial charge is 0.123 e. The molecule has 0 amide bonds. The summed E-state index contributed by atoms with van der Waals surface area (Å²) in [6.07, 6.45) is 2.07. The van der Waals surface area contributed by atoms with Crippen molar-refractivity contribution in [2.45, 2.75) is 12.8 Å². The van der Waals surface area contributed by atoms with Crippen LogP contribution < -0.4 is 10.6 Å². The Hall–Kier alpha value is -2.03. The lowest BCUT2D eigenvalue weighted by Crippen LogP contribution is -2.18. The van der Waals surface area contributed by atoms with Crippen molar-refractivity contribution in [2.24, 2.45) is 0 Å². The van der Waals surface area contributed by atoms with E-state index >= 15 is 0 Å². The van der Waals surface area contributed by atoms with Gasteiger partial charge < -0.3 is 10.6 Å². The molecular weight excluding hydrogens is 239 g/mol. The molecule has 0 bridgehead atoms. The van der Waals surface area contributed by atoms with Crippen molar-refractivity contribution in [3.63, 3.8) is 0 Å². The van der Waals surface area contributed by atoms with Crippen molar-refractivity contribution < 1.29 is 4.39 Å². The summed E-state index contributed by atoms with van der Waals surface area (Å²) in [4.78, 5) is 2.14. The van der Waals surface area contributed by atoms with Gasteiger partial charge in [0.2, 0.25) is 0 Å². The normalized spacial score (nSPS) is 10.4. The first-order valence-electron chi connectivity index (χ1n) is 6.46. The highest BCUT2D eigenvalue weighted by Gasteiger charge is 2.01. The highest BCUT2D eigenvalue weighted by Crippen LogP contribution is 2.14. The number of anilines is 2. The molecule has 0 atom stereocenters. The van der Waals surface area contributed by atoms with E-state index in [1.807, 2.05) is 19.2 Å². The van der Waals surface area contributed by atoms with Crippen molar-refractivity contribution in [1.82, 2.24) is 0 Å². The molecule has 2 N–H and O–H groups in total. The summed E-state index contributed by atoms with van der Waals surface area (Å²) >= 11 is 0. The predicted octanol–water partition coefficient (Wildman–Crippen LogP) is 3.48. The van der Waals surface area contributed by atoms with Gasteiger partial charge in [0, 0.05) is 25.0 Å². The molecule has 0 aliphatic carbocycles. The highest BCUT2D eigenvalue weighted by molar-refractivity contribution is 5.45. The number of benzene rings is 2. The number of nitrogens with two attached hydrogens (primary N) is 1. The lowest BCUT2D eigenvalue weighted by molar-refractivity contribution is 0.627. The number of nitrogens with zero attached hydrogens (tertiary/aromatic N) is 1. The van der Waals surface area contributed by atoms with E-state index in [0.717, 1.165) is 30.8 Å². The van der Waals surface area contributed by atoms with Crippen LogP contribution in [0.5, 0.6) is 0 Å². The third-order valence-corrected chi connectivity index (χ3v) is 3.21. The Bertz CT molecular complexity index is 505. The van der Waals surface area contributed by atoms with Crippen molar-refractivity contribution in [3.8, 4) is 0 Å². The molecule has 0 aromatic heterocycles. The zero-order chi connectivity index (χ0) is 13.7. The Morgan fingerprint density at radius 1 is 1.00 bits per heavy atom. The van der Waals surface area contributed by atoms with Gasteiger partial charge in [-0.25, -0.2) is 4.39 Å². The van der Waals surface area contributed by atoms with Gasteiger partial charge in [-0.15, -0.1) is 0 Å². The fraction of sp³-hybridized carbons (Fsp3) is 0.250. The summed E-state index contributed by atoms with van der Waals surface area (Å²) in [7, 11) is 2.02. The average molecular weight is 258 g/mol. The molecule has 0 unspecified atom stereocenters. The van der Waals surface area contributed by atoms with Crippen LogP contribution >= 0.6 is 0 Å². The summed E-state index contributed by atoms with van der Waals surface area (Å²) in [5.41, 5.74) is 8.78. The van der Waals surface area contributed by atoms with Crippen LogP contribution in [0.2, 0.25) is 0 Å². The summed E-state index contributed by atoms with van der Waals surface area (Å²) in [5.74, 6) is -0.195. The minimum atomic E-state index is -0.195. The monoisotopic (exact) mass is 258 g/mol. The van der Waals surface area contributed by atoms with Gasteiger partial charge in [0.05, 0.1) is 0 Å². The van der Waals surface area contributed by atoms with Crippen molar-refractivity contribution >= 4 is 11.4 Å². The molecular formula is C16H19FN2. The molecule has 0 heterocycles. The topological polar surface area (TPSA) is 29.3 Å². The standard InChI is InChI=1S/C16H19FN2/c1-19(16-10-6-14(17)7-11-16)12-2-3-13-4-8-15(18)9-5-13/h4-11H,2-3,12,18H2,1H3. The van der Waals surface area contributed by atoms with E-state index in [9.17, 15) is 4.39 Å². The molecule has 2 aromatic rings. The zero-order valence-electron chi connectivity index (χ0n) is 11.1. The quantitative estimate of drug-likeness (QED) is 0.832. The Morgan fingerprint density at radius 2 is 1.63 bits per heavy atom. The van der Waals surface area contributed by atoms with Gasteiger partial charge in [-0.2, -0.15) is 0 Å². The van der Waals surface area contributed by atoms with Crippen molar-refractivity contribution in [3.05, 3.63) is 59.9 Å². The molecule has 0 saturated heterocycles. The maximum absolute atomic E-state index is 12.8. The van der Waals surface area contributed by atoms with Gasteiger partial charge in [0.15, 0.2) is 0 Å². The van der Waals surface area contributed by atoms with E-state index in [0.29, 0.717) is 0 Å². The molecule has 0 aliphatic rings. The van der Waals surface area contributed by atoms with Crippen molar-refractivity contribution in [1.29, 1.82) is 0 Å². The molecule has 0 radical (unpaired) electrons. The van der Waals surface area contributed by atoms with Gasteiger partial charge in [0.1, 0.15) is 5.82 Å². The molecule has 0 spiro atoms. The molecule has 19 heavy (non-hydrogen) atoms. The molecule has 2 rings (SSSR count). The zero-order valence-corrected chi connectivity index (χ0v) is 11.1. The number of nitrogen functional groups attached to an aromatic ring is 1. The van der Waals surface area contributed by atoms with Gasteiger partial charge in [0.25, 0.3) is 0 Å². The maximum Gasteiger partial charge on any atom is 0.123 e. The number of halogens is 1. The maximum atomic E-state index is 12.8. The summed E-state index contributed by atoms with van der Waals surface area (Å²) in [6.45, 7) is 0.940.